The normalized spacial score (nSPS) is 21.0. The quantitative estimate of drug-likeness (QED) is 0.921. The Kier molecular flexibility index (Phi) is 4.98. The first-order valence-corrected chi connectivity index (χ1v) is 8.46. The summed E-state index contributed by atoms with van der Waals surface area (Å²) in [4.78, 5) is 13.2. The molecular weight excluding hydrogens is 278 g/mol. The molecule has 0 spiro atoms. The molecule has 0 radical (unpaired) electrons. The number of ether oxygens (including phenoxy) is 1. The summed E-state index contributed by atoms with van der Waals surface area (Å²) < 4.78 is 6.26. The van der Waals surface area contributed by atoms with E-state index in [1.807, 2.05) is 12.1 Å². The number of carboxylic acid groups (broad SMARTS) is 1. The molecule has 0 amide bonds. The third-order valence-electron chi connectivity index (χ3n) is 4.86. The van der Waals surface area contributed by atoms with E-state index in [0.29, 0.717) is 17.8 Å². The van der Waals surface area contributed by atoms with Crippen LogP contribution in [0.5, 0.6) is 0 Å². The Morgan fingerprint density at radius 2 is 1.55 bits per heavy atom. The average Bonchev–Trinajstić information content (AvgIpc) is 2.57. The van der Waals surface area contributed by atoms with Crippen molar-refractivity contribution in [3.63, 3.8) is 0 Å². The second kappa shape index (κ2) is 7.14. The van der Waals surface area contributed by atoms with Crippen LogP contribution in [0.1, 0.15) is 55.3 Å². The molecule has 1 saturated heterocycles. The summed E-state index contributed by atoms with van der Waals surface area (Å²) in [5, 5.41) is 8.95. The van der Waals surface area contributed by atoms with Crippen molar-refractivity contribution >= 4 is 11.7 Å². The molecule has 4 nitrogen and oxygen atoms in total. The second-order valence-electron chi connectivity index (χ2n) is 6.43. The number of anilines is 1. The number of rotatable bonds is 4. The zero-order valence-corrected chi connectivity index (χ0v) is 13.0. The van der Waals surface area contributed by atoms with Crippen LogP contribution in [0.2, 0.25) is 0 Å². The molecule has 1 aromatic carbocycles. The number of carbonyl (C=O) groups is 1. The molecule has 1 heterocycles. The Hall–Kier alpha value is -1.55. The van der Waals surface area contributed by atoms with Gasteiger partial charge in [-0.05, 0) is 49.9 Å². The average molecular weight is 303 g/mol. The van der Waals surface area contributed by atoms with E-state index >= 15 is 0 Å². The first-order chi connectivity index (χ1) is 10.7. The van der Waals surface area contributed by atoms with Gasteiger partial charge in [0.1, 0.15) is 0 Å². The van der Waals surface area contributed by atoms with Gasteiger partial charge in [-0.1, -0.05) is 19.3 Å². The van der Waals surface area contributed by atoms with Crippen LogP contribution in [-0.4, -0.2) is 36.4 Å². The van der Waals surface area contributed by atoms with E-state index < -0.39 is 5.97 Å². The van der Waals surface area contributed by atoms with E-state index in [1.54, 1.807) is 12.1 Å². The fourth-order valence-electron chi connectivity index (χ4n) is 3.54. The SMILES string of the molecule is O=C(O)c1ccc(N2CCC(OC3CCCCC3)CC2)cc1. The number of piperidine rings is 1. The van der Waals surface area contributed by atoms with E-state index in [2.05, 4.69) is 4.90 Å². The van der Waals surface area contributed by atoms with Crippen molar-refractivity contribution in [2.45, 2.75) is 57.2 Å². The molecular formula is C18H25NO3. The van der Waals surface area contributed by atoms with E-state index in [9.17, 15) is 4.79 Å². The summed E-state index contributed by atoms with van der Waals surface area (Å²) in [7, 11) is 0. The predicted molar refractivity (Wildman–Crippen MR) is 86.6 cm³/mol. The Morgan fingerprint density at radius 3 is 2.14 bits per heavy atom. The van der Waals surface area contributed by atoms with Crippen LogP contribution in [0.4, 0.5) is 5.69 Å². The largest absolute Gasteiger partial charge is 0.478 e. The van der Waals surface area contributed by atoms with Crippen molar-refractivity contribution < 1.29 is 14.6 Å². The molecule has 1 N–H and O–H groups in total. The van der Waals surface area contributed by atoms with Gasteiger partial charge in [-0.15, -0.1) is 0 Å². The molecule has 0 aromatic heterocycles. The molecule has 22 heavy (non-hydrogen) atoms. The van der Waals surface area contributed by atoms with Gasteiger partial charge < -0.3 is 14.7 Å². The van der Waals surface area contributed by atoms with Gasteiger partial charge in [0.15, 0.2) is 0 Å². The molecule has 0 atom stereocenters. The standard InChI is InChI=1S/C18H25NO3/c20-18(21)14-6-8-15(9-7-14)19-12-10-17(11-13-19)22-16-4-2-1-3-5-16/h6-9,16-17H,1-5,10-13H2,(H,20,21). The first kappa shape index (κ1) is 15.3. The summed E-state index contributed by atoms with van der Waals surface area (Å²) in [6.45, 7) is 1.98. The number of aromatic carboxylic acids is 1. The zero-order chi connectivity index (χ0) is 15.4. The van der Waals surface area contributed by atoms with Gasteiger partial charge in [0.2, 0.25) is 0 Å². The topological polar surface area (TPSA) is 49.8 Å². The molecule has 1 saturated carbocycles. The number of hydrogen-bond acceptors (Lipinski definition) is 3. The van der Waals surface area contributed by atoms with Crippen LogP contribution in [0.25, 0.3) is 0 Å². The van der Waals surface area contributed by atoms with E-state index in [1.165, 1.54) is 32.1 Å². The van der Waals surface area contributed by atoms with Crippen molar-refractivity contribution in [3.05, 3.63) is 29.8 Å². The van der Waals surface area contributed by atoms with Gasteiger partial charge >= 0.3 is 5.97 Å². The number of carboxylic acids is 1. The Morgan fingerprint density at radius 1 is 0.955 bits per heavy atom. The highest BCUT2D eigenvalue weighted by Gasteiger charge is 2.24. The molecule has 3 rings (SSSR count). The lowest BCUT2D eigenvalue weighted by Gasteiger charge is -2.36. The zero-order valence-electron chi connectivity index (χ0n) is 13.0. The van der Waals surface area contributed by atoms with Crippen LogP contribution in [0, 0.1) is 0 Å². The Labute approximate surface area is 132 Å². The molecule has 2 fully saturated rings. The van der Waals surface area contributed by atoms with Crippen LogP contribution in [0.3, 0.4) is 0 Å². The molecule has 2 aliphatic rings. The highest BCUT2D eigenvalue weighted by atomic mass is 16.5. The number of hydrogen-bond donors (Lipinski definition) is 1. The maximum absolute atomic E-state index is 10.9. The third-order valence-corrected chi connectivity index (χ3v) is 4.86. The lowest BCUT2D eigenvalue weighted by atomic mass is 9.97. The fraction of sp³-hybridized carbons (Fsp3) is 0.611. The summed E-state index contributed by atoms with van der Waals surface area (Å²) in [5.74, 6) is -0.869. The van der Waals surface area contributed by atoms with Crippen LogP contribution < -0.4 is 4.90 Å². The Balaban J connectivity index is 1.49. The van der Waals surface area contributed by atoms with Crippen LogP contribution >= 0.6 is 0 Å². The number of nitrogens with zero attached hydrogens (tertiary/aromatic N) is 1. The van der Waals surface area contributed by atoms with Gasteiger partial charge in [0, 0.05) is 18.8 Å². The first-order valence-electron chi connectivity index (χ1n) is 8.46. The summed E-state index contributed by atoms with van der Waals surface area (Å²) >= 11 is 0. The van der Waals surface area contributed by atoms with Crippen molar-refractivity contribution in [1.82, 2.24) is 0 Å². The van der Waals surface area contributed by atoms with Crippen molar-refractivity contribution in [3.8, 4) is 0 Å². The highest BCUT2D eigenvalue weighted by Crippen LogP contribution is 2.26. The van der Waals surface area contributed by atoms with Crippen molar-refractivity contribution in [2.24, 2.45) is 0 Å². The van der Waals surface area contributed by atoms with Crippen molar-refractivity contribution in [2.75, 3.05) is 18.0 Å². The third kappa shape index (κ3) is 3.80. The van der Waals surface area contributed by atoms with Gasteiger partial charge in [0.05, 0.1) is 17.8 Å². The van der Waals surface area contributed by atoms with Crippen molar-refractivity contribution in [1.29, 1.82) is 0 Å². The van der Waals surface area contributed by atoms with Gasteiger partial charge in [0.25, 0.3) is 0 Å². The van der Waals surface area contributed by atoms with E-state index in [-0.39, 0.29) is 0 Å². The molecule has 1 aromatic rings. The van der Waals surface area contributed by atoms with E-state index in [4.69, 9.17) is 9.84 Å². The molecule has 0 unspecified atom stereocenters. The van der Waals surface area contributed by atoms with E-state index in [0.717, 1.165) is 31.6 Å². The van der Waals surface area contributed by atoms with Crippen LogP contribution in [-0.2, 0) is 4.74 Å². The maximum Gasteiger partial charge on any atom is 0.335 e. The molecule has 0 bridgehead atoms. The minimum Gasteiger partial charge on any atom is -0.478 e. The lowest BCUT2D eigenvalue weighted by molar-refractivity contribution is -0.0395. The minimum atomic E-state index is -0.869. The van der Waals surface area contributed by atoms with Gasteiger partial charge in [-0.25, -0.2) is 4.79 Å². The smallest absolute Gasteiger partial charge is 0.335 e. The van der Waals surface area contributed by atoms with Gasteiger partial charge in [-0.2, -0.15) is 0 Å². The second-order valence-corrected chi connectivity index (χ2v) is 6.43. The molecule has 1 aliphatic carbocycles. The number of benzene rings is 1. The molecule has 120 valence electrons. The van der Waals surface area contributed by atoms with Gasteiger partial charge in [-0.3, -0.25) is 0 Å². The maximum atomic E-state index is 10.9. The van der Waals surface area contributed by atoms with Crippen LogP contribution in [0.15, 0.2) is 24.3 Å². The predicted octanol–water partition coefficient (Wildman–Crippen LogP) is 3.70. The Bertz CT molecular complexity index is 486. The summed E-state index contributed by atoms with van der Waals surface area (Å²) in [6.07, 6.45) is 9.49. The fourth-order valence-corrected chi connectivity index (χ4v) is 3.54. The highest BCUT2D eigenvalue weighted by molar-refractivity contribution is 5.88. The molecule has 1 aliphatic heterocycles. The monoisotopic (exact) mass is 303 g/mol. The minimum absolute atomic E-state index is 0.347. The summed E-state index contributed by atoms with van der Waals surface area (Å²) in [6, 6.07) is 7.18. The molecule has 4 heteroatoms. The lowest BCUT2D eigenvalue weighted by Crippen LogP contribution is -2.38. The summed E-state index contributed by atoms with van der Waals surface area (Å²) in [5.41, 5.74) is 1.46.